The van der Waals surface area contributed by atoms with Crippen molar-refractivity contribution in [3.8, 4) is 5.88 Å². The molecule has 5 nitrogen and oxygen atoms in total. The Hall–Kier alpha value is -1.36. The number of rotatable bonds is 1. The molecule has 1 atom stereocenters. The third-order valence-electron chi connectivity index (χ3n) is 2.59. The van der Waals surface area contributed by atoms with Gasteiger partial charge in [-0.25, -0.2) is 0 Å². The number of aromatic nitrogens is 2. The van der Waals surface area contributed by atoms with Crippen molar-refractivity contribution in [1.82, 2.24) is 15.3 Å². The van der Waals surface area contributed by atoms with Crippen molar-refractivity contribution >= 4 is 0 Å². The zero-order chi connectivity index (χ0) is 10.1. The van der Waals surface area contributed by atoms with Gasteiger partial charge in [-0.05, 0) is 19.9 Å². The molecule has 0 saturated carbocycles. The highest BCUT2D eigenvalue weighted by atomic mass is 16.3. The molecule has 1 aromatic heterocycles. The van der Waals surface area contributed by atoms with Crippen LogP contribution in [0, 0.1) is 6.92 Å². The van der Waals surface area contributed by atoms with E-state index in [0.717, 1.165) is 19.5 Å². The Labute approximate surface area is 81.2 Å². The normalized spacial score (nSPS) is 21.4. The van der Waals surface area contributed by atoms with Gasteiger partial charge in [0.15, 0.2) is 0 Å². The molecule has 14 heavy (non-hydrogen) atoms. The van der Waals surface area contributed by atoms with Gasteiger partial charge >= 0.3 is 0 Å². The van der Waals surface area contributed by atoms with Crippen molar-refractivity contribution in [2.75, 3.05) is 13.1 Å². The summed E-state index contributed by atoms with van der Waals surface area (Å²) < 4.78 is 0. The van der Waals surface area contributed by atoms with Gasteiger partial charge in [-0.3, -0.25) is 4.79 Å². The van der Waals surface area contributed by atoms with Crippen LogP contribution in [0.5, 0.6) is 5.88 Å². The molecule has 0 aromatic carbocycles. The molecule has 0 radical (unpaired) electrons. The Kier molecular flexibility index (Phi) is 2.25. The standard InChI is InChI=1S/C9H13N3O2/c1-5-8(13)11-7(12-9(5)14)6-2-3-10-4-6/h6,10H,2-4H2,1H3,(H2,11,12,13,14). The van der Waals surface area contributed by atoms with E-state index in [-0.39, 0.29) is 22.9 Å². The van der Waals surface area contributed by atoms with Gasteiger partial charge in [0.25, 0.3) is 5.56 Å². The number of hydrogen-bond donors (Lipinski definition) is 3. The van der Waals surface area contributed by atoms with Crippen LogP contribution in [0.4, 0.5) is 0 Å². The first kappa shape index (κ1) is 9.21. The molecule has 0 amide bonds. The van der Waals surface area contributed by atoms with Gasteiger partial charge in [-0.15, -0.1) is 0 Å². The van der Waals surface area contributed by atoms with Crippen LogP contribution >= 0.6 is 0 Å². The Morgan fingerprint density at radius 1 is 1.57 bits per heavy atom. The zero-order valence-electron chi connectivity index (χ0n) is 8.00. The summed E-state index contributed by atoms with van der Waals surface area (Å²) in [6, 6.07) is 0. The maximum atomic E-state index is 11.3. The predicted molar refractivity (Wildman–Crippen MR) is 51.5 cm³/mol. The van der Waals surface area contributed by atoms with Gasteiger partial charge in [-0.2, -0.15) is 4.98 Å². The molecule has 3 N–H and O–H groups in total. The number of aromatic hydroxyl groups is 1. The number of nitrogens with one attached hydrogen (secondary N) is 2. The monoisotopic (exact) mass is 195 g/mol. The summed E-state index contributed by atoms with van der Waals surface area (Å²) in [6.45, 7) is 3.30. The smallest absolute Gasteiger partial charge is 0.257 e. The molecular weight excluding hydrogens is 182 g/mol. The van der Waals surface area contributed by atoms with Gasteiger partial charge in [-0.1, -0.05) is 0 Å². The van der Waals surface area contributed by atoms with Crippen LogP contribution in [-0.4, -0.2) is 28.2 Å². The van der Waals surface area contributed by atoms with Crippen molar-refractivity contribution in [1.29, 1.82) is 0 Å². The largest absolute Gasteiger partial charge is 0.493 e. The van der Waals surface area contributed by atoms with Gasteiger partial charge in [0.05, 0.1) is 5.56 Å². The highest BCUT2D eigenvalue weighted by Gasteiger charge is 2.20. The molecule has 0 aliphatic carbocycles. The van der Waals surface area contributed by atoms with Crippen molar-refractivity contribution in [3.63, 3.8) is 0 Å². The molecule has 1 saturated heterocycles. The molecule has 1 aliphatic heterocycles. The van der Waals surface area contributed by atoms with Crippen LogP contribution in [0.15, 0.2) is 4.79 Å². The second-order valence-corrected chi connectivity index (χ2v) is 3.59. The Balaban J connectivity index is 2.39. The molecule has 1 unspecified atom stereocenters. The van der Waals surface area contributed by atoms with E-state index in [4.69, 9.17) is 0 Å². The lowest BCUT2D eigenvalue weighted by molar-refractivity contribution is 0.440. The molecule has 76 valence electrons. The van der Waals surface area contributed by atoms with E-state index in [1.165, 1.54) is 0 Å². The average Bonchev–Trinajstić information content (AvgIpc) is 2.66. The van der Waals surface area contributed by atoms with E-state index in [0.29, 0.717) is 5.82 Å². The Morgan fingerprint density at radius 2 is 2.36 bits per heavy atom. The fraction of sp³-hybridized carbons (Fsp3) is 0.556. The summed E-state index contributed by atoms with van der Waals surface area (Å²) >= 11 is 0. The van der Waals surface area contributed by atoms with Crippen LogP contribution in [0.2, 0.25) is 0 Å². The molecule has 1 aromatic rings. The minimum absolute atomic E-state index is 0.157. The quantitative estimate of drug-likeness (QED) is 0.583. The fourth-order valence-electron chi connectivity index (χ4n) is 1.62. The van der Waals surface area contributed by atoms with Gasteiger partial charge in [0.1, 0.15) is 5.82 Å². The van der Waals surface area contributed by atoms with E-state index >= 15 is 0 Å². The third-order valence-corrected chi connectivity index (χ3v) is 2.59. The first-order valence-corrected chi connectivity index (χ1v) is 4.69. The second-order valence-electron chi connectivity index (χ2n) is 3.59. The number of H-pyrrole nitrogens is 1. The first-order chi connectivity index (χ1) is 6.68. The zero-order valence-corrected chi connectivity index (χ0v) is 8.00. The highest BCUT2D eigenvalue weighted by molar-refractivity contribution is 5.21. The van der Waals surface area contributed by atoms with Gasteiger partial charge in [0, 0.05) is 12.5 Å². The number of hydrogen-bond acceptors (Lipinski definition) is 4. The minimum Gasteiger partial charge on any atom is -0.493 e. The number of aromatic amines is 1. The molecule has 0 spiro atoms. The summed E-state index contributed by atoms with van der Waals surface area (Å²) in [6.07, 6.45) is 0.950. The minimum atomic E-state index is -0.251. The topological polar surface area (TPSA) is 78.0 Å². The maximum Gasteiger partial charge on any atom is 0.257 e. The predicted octanol–water partition coefficient (Wildman–Crippen LogP) is -0.139. The second kappa shape index (κ2) is 3.42. The Morgan fingerprint density at radius 3 is 2.93 bits per heavy atom. The van der Waals surface area contributed by atoms with Crippen molar-refractivity contribution in [2.45, 2.75) is 19.3 Å². The van der Waals surface area contributed by atoms with Crippen LogP contribution in [0.25, 0.3) is 0 Å². The van der Waals surface area contributed by atoms with Crippen molar-refractivity contribution < 1.29 is 5.11 Å². The summed E-state index contributed by atoms with van der Waals surface area (Å²) in [5.41, 5.74) is 0.0270. The van der Waals surface area contributed by atoms with Gasteiger partial charge in [0.2, 0.25) is 5.88 Å². The third kappa shape index (κ3) is 1.50. The van der Waals surface area contributed by atoms with E-state index in [1.54, 1.807) is 6.92 Å². The van der Waals surface area contributed by atoms with Crippen LogP contribution in [0.1, 0.15) is 23.7 Å². The van der Waals surface area contributed by atoms with E-state index in [1.807, 2.05) is 0 Å². The maximum absolute atomic E-state index is 11.3. The highest BCUT2D eigenvalue weighted by Crippen LogP contribution is 2.19. The molecular formula is C9H13N3O2. The lowest BCUT2D eigenvalue weighted by Gasteiger charge is -2.07. The van der Waals surface area contributed by atoms with E-state index in [2.05, 4.69) is 15.3 Å². The Bertz CT molecular complexity index is 394. The van der Waals surface area contributed by atoms with Crippen molar-refractivity contribution in [3.05, 3.63) is 21.7 Å². The molecule has 1 aliphatic rings. The van der Waals surface area contributed by atoms with E-state index in [9.17, 15) is 9.90 Å². The summed E-state index contributed by atoms with van der Waals surface area (Å²) in [5, 5.41) is 12.6. The average molecular weight is 195 g/mol. The molecule has 1 fully saturated rings. The fourth-order valence-corrected chi connectivity index (χ4v) is 1.62. The first-order valence-electron chi connectivity index (χ1n) is 4.69. The molecule has 5 heteroatoms. The number of nitrogens with zero attached hydrogens (tertiary/aromatic N) is 1. The van der Waals surface area contributed by atoms with Crippen LogP contribution in [-0.2, 0) is 0 Å². The van der Waals surface area contributed by atoms with Crippen molar-refractivity contribution in [2.24, 2.45) is 0 Å². The summed E-state index contributed by atoms with van der Waals surface area (Å²) in [5.74, 6) is 0.646. The lowest BCUT2D eigenvalue weighted by Crippen LogP contribution is -2.18. The SMILES string of the molecule is Cc1c(O)nc(C2CCNC2)[nH]c1=O. The summed E-state index contributed by atoms with van der Waals surface area (Å²) in [4.78, 5) is 18.0. The molecule has 2 heterocycles. The van der Waals surface area contributed by atoms with Crippen LogP contribution < -0.4 is 10.9 Å². The summed E-state index contributed by atoms with van der Waals surface area (Å²) in [7, 11) is 0. The van der Waals surface area contributed by atoms with Gasteiger partial charge < -0.3 is 15.4 Å². The van der Waals surface area contributed by atoms with E-state index < -0.39 is 0 Å². The van der Waals surface area contributed by atoms with Crippen LogP contribution in [0.3, 0.4) is 0 Å². The molecule has 2 rings (SSSR count). The molecule has 0 bridgehead atoms. The lowest BCUT2D eigenvalue weighted by atomic mass is 10.1.